The number of benzene rings is 2. The van der Waals surface area contributed by atoms with Gasteiger partial charge in [-0.3, -0.25) is 9.52 Å². The maximum atomic E-state index is 13.1. The predicted molar refractivity (Wildman–Crippen MR) is 82.7 cm³/mol. The topological polar surface area (TPSA) is 75.3 Å². The monoisotopic (exact) mass is 322 g/mol. The van der Waals surface area contributed by atoms with Gasteiger partial charge in [-0.15, -0.1) is 0 Å². The molecular weight excluding hydrogens is 307 g/mol. The first kappa shape index (κ1) is 16.0. The Morgan fingerprint density at radius 1 is 1.05 bits per heavy atom. The molecule has 0 atom stereocenters. The number of halogens is 1. The van der Waals surface area contributed by atoms with Gasteiger partial charge in [-0.05, 0) is 55.0 Å². The molecule has 0 saturated carbocycles. The van der Waals surface area contributed by atoms with Crippen LogP contribution in [-0.2, 0) is 14.8 Å². The minimum Gasteiger partial charge on any atom is -0.326 e. The second-order valence-corrected chi connectivity index (χ2v) is 6.42. The predicted octanol–water partition coefficient (Wildman–Crippen LogP) is 2.89. The van der Waals surface area contributed by atoms with Gasteiger partial charge in [0.25, 0.3) is 10.0 Å². The van der Waals surface area contributed by atoms with Crippen molar-refractivity contribution in [1.82, 2.24) is 0 Å². The van der Waals surface area contributed by atoms with Gasteiger partial charge in [0.05, 0.1) is 4.90 Å². The fraction of sp³-hybridized carbons (Fsp3) is 0.133. The van der Waals surface area contributed by atoms with Gasteiger partial charge in [-0.1, -0.05) is 0 Å². The number of anilines is 2. The van der Waals surface area contributed by atoms with Crippen LogP contribution in [0.5, 0.6) is 0 Å². The lowest BCUT2D eigenvalue weighted by Gasteiger charge is -2.11. The van der Waals surface area contributed by atoms with E-state index >= 15 is 0 Å². The fourth-order valence-electron chi connectivity index (χ4n) is 1.95. The standard InChI is InChI=1S/C15H15FN2O3S/c1-10-9-12(16)3-8-15(10)22(20,21)18-14-6-4-13(5-7-14)17-11(2)19/h3-9,18H,1-2H3,(H,17,19). The molecule has 0 aliphatic carbocycles. The SMILES string of the molecule is CC(=O)Nc1ccc(NS(=O)(=O)c2ccc(F)cc2C)cc1. The van der Waals surface area contributed by atoms with Crippen LogP contribution >= 0.6 is 0 Å². The summed E-state index contributed by atoms with van der Waals surface area (Å²) in [6, 6.07) is 9.70. The van der Waals surface area contributed by atoms with Crippen molar-refractivity contribution in [3.63, 3.8) is 0 Å². The quantitative estimate of drug-likeness (QED) is 0.909. The Bertz CT molecular complexity index is 802. The Labute approximate surface area is 128 Å². The van der Waals surface area contributed by atoms with E-state index < -0.39 is 15.8 Å². The van der Waals surface area contributed by atoms with Crippen molar-refractivity contribution >= 4 is 27.3 Å². The van der Waals surface area contributed by atoms with E-state index in [0.717, 1.165) is 12.1 Å². The largest absolute Gasteiger partial charge is 0.326 e. The highest BCUT2D eigenvalue weighted by Crippen LogP contribution is 2.21. The molecule has 2 N–H and O–H groups in total. The third-order valence-electron chi connectivity index (χ3n) is 2.88. The maximum Gasteiger partial charge on any atom is 0.262 e. The molecule has 0 radical (unpaired) electrons. The molecule has 0 heterocycles. The smallest absolute Gasteiger partial charge is 0.262 e. The van der Waals surface area contributed by atoms with Crippen molar-refractivity contribution in [2.24, 2.45) is 0 Å². The summed E-state index contributed by atoms with van der Waals surface area (Å²) < 4.78 is 40.1. The van der Waals surface area contributed by atoms with Gasteiger partial charge in [0.1, 0.15) is 5.82 Å². The van der Waals surface area contributed by atoms with Crippen LogP contribution in [0.15, 0.2) is 47.4 Å². The Hall–Kier alpha value is -2.41. The average molecular weight is 322 g/mol. The number of carbonyl (C=O) groups excluding carboxylic acids is 1. The molecule has 0 aromatic heterocycles. The number of hydrogen-bond donors (Lipinski definition) is 2. The fourth-order valence-corrected chi connectivity index (χ4v) is 3.24. The Balaban J connectivity index is 2.23. The van der Waals surface area contributed by atoms with Crippen molar-refractivity contribution < 1.29 is 17.6 Å². The van der Waals surface area contributed by atoms with Crippen LogP contribution in [-0.4, -0.2) is 14.3 Å². The second kappa shape index (κ2) is 6.15. The summed E-state index contributed by atoms with van der Waals surface area (Å²) in [7, 11) is -3.80. The van der Waals surface area contributed by atoms with E-state index in [4.69, 9.17) is 0 Å². The first-order valence-corrected chi connectivity index (χ1v) is 7.93. The first-order chi connectivity index (χ1) is 10.3. The van der Waals surface area contributed by atoms with Crippen LogP contribution in [0.2, 0.25) is 0 Å². The number of nitrogens with one attached hydrogen (secondary N) is 2. The summed E-state index contributed by atoms with van der Waals surface area (Å²) >= 11 is 0. The molecular formula is C15H15FN2O3S. The number of aryl methyl sites for hydroxylation is 1. The van der Waals surface area contributed by atoms with E-state index in [1.165, 1.54) is 32.0 Å². The van der Waals surface area contributed by atoms with Crippen LogP contribution < -0.4 is 10.0 Å². The normalized spacial score (nSPS) is 11.0. The lowest BCUT2D eigenvalue weighted by atomic mass is 10.2. The lowest BCUT2D eigenvalue weighted by molar-refractivity contribution is -0.114. The van der Waals surface area contributed by atoms with Gasteiger partial charge in [0, 0.05) is 18.3 Å². The molecule has 0 aliphatic heterocycles. The highest BCUT2D eigenvalue weighted by Gasteiger charge is 2.17. The van der Waals surface area contributed by atoms with Crippen LogP contribution in [0.4, 0.5) is 15.8 Å². The highest BCUT2D eigenvalue weighted by atomic mass is 32.2. The van der Waals surface area contributed by atoms with Gasteiger partial charge in [-0.2, -0.15) is 0 Å². The molecule has 5 nitrogen and oxygen atoms in total. The lowest BCUT2D eigenvalue weighted by Crippen LogP contribution is -2.14. The van der Waals surface area contributed by atoms with Crippen molar-refractivity contribution in [1.29, 1.82) is 0 Å². The number of amides is 1. The zero-order valence-corrected chi connectivity index (χ0v) is 12.9. The van der Waals surface area contributed by atoms with Gasteiger partial charge in [-0.25, -0.2) is 12.8 Å². The van der Waals surface area contributed by atoms with E-state index in [9.17, 15) is 17.6 Å². The highest BCUT2D eigenvalue weighted by molar-refractivity contribution is 7.92. The number of rotatable bonds is 4. The van der Waals surface area contributed by atoms with Crippen molar-refractivity contribution in [3.8, 4) is 0 Å². The third-order valence-corrected chi connectivity index (χ3v) is 4.43. The van der Waals surface area contributed by atoms with E-state index in [2.05, 4.69) is 10.0 Å². The summed E-state index contributed by atoms with van der Waals surface area (Å²) in [5, 5.41) is 2.58. The molecule has 22 heavy (non-hydrogen) atoms. The van der Waals surface area contributed by atoms with Crippen LogP contribution in [0.25, 0.3) is 0 Å². The average Bonchev–Trinajstić information content (AvgIpc) is 2.39. The molecule has 0 fully saturated rings. The van der Waals surface area contributed by atoms with Crippen LogP contribution in [0.1, 0.15) is 12.5 Å². The molecule has 1 amide bonds. The molecule has 0 aliphatic rings. The Morgan fingerprint density at radius 3 is 2.18 bits per heavy atom. The number of carbonyl (C=O) groups is 1. The van der Waals surface area contributed by atoms with E-state index in [-0.39, 0.29) is 10.8 Å². The summed E-state index contributed by atoms with van der Waals surface area (Å²) in [6.07, 6.45) is 0. The van der Waals surface area contributed by atoms with Gasteiger partial charge >= 0.3 is 0 Å². The number of hydrogen-bond acceptors (Lipinski definition) is 3. The second-order valence-electron chi connectivity index (χ2n) is 4.77. The third kappa shape index (κ3) is 3.82. The molecule has 2 aromatic rings. The zero-order valence-electron chi connectivity index (χ0n) is 12.1. The van der Waals surface area contributed by atoms with E-state index in [0.29, 0.717) is 16.9 Å². The van der Waals surface area contributed by atoms with E-state index in [1.807, 2.05) is 0 Å². The van der Waals surface area contributed by atoms with Gasteiger partial charge in [0.15, 0.2) is 0 Å². The van der Waals surface area contributed by atoms with Crippen molar-refractivity contribution in [3.05, 3.63) is 53.8 Å². The molecule has 0 unspecified atom stereocenters. The van der Waals surface area contributed by atoms with Gasteiger partial charge in [0.2, 0.25) is 5.91 Å². The van der Waals surface area contributed by atoms with Gasteiger partial charge < -0.3 is 5.32 Å². The molecule has 0 bridgehead atoms. The molecule has 0 spiro atoms. The van der Waals surface area contributed by atoms with Crippen LogP contribution in [0, 0.1) is 12.7 Å². The number of sulfonamides is 1. The first-order valence-electron chi connectivity index (χ1n) is 6.44. The minimum atomic E-state index is -3.80. The van der Waals surface area contributed by atoms with Crippen LogP contribution in [0.3, 0.4) is 0 Å². The zero-order chi connectivity index (χ0) is 16.3. The van der Waals surface area contributed by atoms with E-state index in [1.54, 1.807) is 12.1 Å². The summed E-state index contributed by atoms with van der Waals surface area (Å²) in [5.74, 6) is -0.702. The summed E-state index contributed by atoms with van der Waals surface area (Å²) in [4.78, 5) is 10.9. The minimum absolute atomic E-state index is 0.0137. The van der Waals surface area contributed by atoms with Crippen molar-refractivity contribution in [2.45, 2.75) is 18.7 Å². The van der Waals surface area contributed by atoms with Crippen molar-refractivity contribution in [2.75, 3.05) is 10.0 Å². The summed E-state index contributed by atoms with van der Waals surface area (Å²) in [5.41, 5.74) is 1.23. The molecule has 2 rings (SSSR count). The maximum absolute atomic E-state index is 13.1. The summed E-state index contributed by atoms with van der Waals surface area (Å²) in [6.45, 7) is 2.91. The molecule has 116 valence electrons. The Kier molecular flexibility index (Phi) is 4.46. The Morgan fingerprint density at radius 2 is 1.64 bits per heavy atom. The molecule has 2 aromatic carbocycles. The molecule has 0 saturated heterocycles. The molecule has 7 heteroatoms.